The Morgan fingerprint density at radius 2 is 1.85 bits per heavy atom. The van der Waals surface area contributed by atoms with Crippen LogP contribution in [0, 0.1) is 0 Å². The van der Waals surface area contributed by atoms with Crippen LogP contribution >= 0.6 is 0 Å². The SMILES string of the molecule is CN(C)c1cccc(-c2ncc(-c3cccnc3)[nH]2)c1. The minimum atomic E-state index is 0.868. The Morgan fingerprint density at radius 3 is 2.60 bits per heavy atom. The molecule has 0 atom stereocenters. The topological polar surface area (TPSA) is 44.8 Å². The maximum absolute atomic E-state index is 4.46. The van der Waals surface area contributed by atoms with E-state index >= 15 is 0 Å². The Labute approximate surface area is 118 Å². The van der Waals surface area contributed by atoms with E-state index in [1.807, 2.05) is 44.7 Å². The zero-order valence-corrected chi connectivity index (χ0v) is 11.5. The van der Waals surface area contributed by atoms with Gasteiger partial charge in [0.1, 0.15) is 5.82 Å². The maximum atomic E-state index is 4.46. The molecule has 0 aliphatic carbocycles. The number of nitrogens with zero attached hydrogens (tertiary/aromatic N) is 3. The first kappa shape index (κ1) is 12.4. The molecule has 4 nitrogen and oxygen atoms in total. The van der Waals surface area contributed by atoms with Gasteiger partial charge in [-0.1, -0.05) is 12.1 Å². The minimum absolute atomic E-state index is 0.868. The number of hydrogen-bond donors (Lipinski definition) is 1. The number of imidazole rings is 1. The first-order valence-electron chi connectivity index (χ1n) is 6.47. The highest BCUT2D eigenvalue weighted by Gasteiger charge is 2.06. The van der Waals surface area contributed by atoms with Crippen LogP contribution in [0.3, 0.4) is 0 Å². The van der Waals surface area contributed by atoms with Gasteiger partial charge in [-0.2, -0.15) is 0 Å². The van der Waals surface area contributed by atoms with E-state index in [4.69, 9.17) is 0 Å². The summed E-state index contributed by atoms with van der Waals surface area (Å²) in [5.41, 5.74) is 4.24. The molecule has 0 bridgehead atoms. The Kier molecular flexibility index (Phi) is 3.21. The van der Waals surface area contributed by atoms with Crippen molar-refractivity contribution in [1.29, 1.82) is 0 Å². The van der Waals surface area contributed by atoms with Crippen molar-refractivity contribution in [3.8, 4) is 22.6 Å². The molecule has 0 radical (unpaired) electrons. The standard InChI is InChI=1S/C16H16N4/c1-20(2)14-7-3-5-12(9-14)16-18-11-15(19-16)13-6-4-8-17-10-13/h3-11H,1-2H3,(H,18,19). The molecule has 0 spiro atoms. The smallest absolute Gasteiger partial charge is 0.137 e. The van der Waals surface area contributed by atoms with E-state index in [9.17, 15) is 0 Å². The van der Waals surface area contributed by atoms with Gasteiger partial charge in [0.25, 0.3) is 0 Å². The fraction of sp³-hybridized carbons (Fsp3) is 0.125. The van der Waals surface area contributed by atoms with Gasteiger partial charge in [0.15, 0.2) is 0 Å². The molecule has 0 saturated carbocycles. The van der Waals surface area contributed by atoms with Crippen molar-refractivity contribution in [2.45, 2.75) is 0 Å². The van der Waals surface area contributed by atoms with Crippen LogP contribution in [0.15, 0.2) is 55.0 Å². The fourth-order valence-electron chi connectivity index (χ4n) is 2.07. The largest absolute Gasteiger partial charge is 0.378 e. The first-order valence-corrected chi connectivity index (χ1v) is 6.47. The van der Waals surface area contributed by atoms with Crippen molar-refractivity contribution >= 4 is 5.69 Å². The number of benzene rings is 1. The monoisotopic (exact) mass is 264 g/mol. The molecule has 0 saturated heterocycles. The molecule has 4 heteroatoms. The summed E-state index contributed by atoms with van der Waals surface area (Å²) in [5.74, 6) is 0.868. The predicted molar refractivity (Wildman–Crippen MR) is 81.6 cm³/mol. The van der Waals surface area contributed by atoms with Crippen LogP contribution in [0.5, 0.6) is 0 Å². The van der Waals surface area contributed by atoms with Crippen LogP contribution in [-0.2, 0) is 0 Å². The summed E-state index contributed by atoms with van der Waals surface area (Å²) >= 11 is 0. The molecule has 2 heterocycles. The van der Waals surface area contributed by atoms with Gasteiger partial charge in [0, 0.05) is 43.3 Å². The molecule has 20 heavy (non-hydrogen) atoms. The molecule has 1 aromatic carbocycles. The summed E-state index contributed by atoms with van der Waals surface area (Å²) in [5, 5.41) is 0. The molecule has 2 aromatic heterocycles. The van der Waals surface area contributed by atoms with Crippen molar-refractivity contribution < 1.29 is 0 Å². The highest BCUT2D eigenvalue weighted by atomic mass is 15.1. The number of pyridine rings is 1. The lowest BCUT2D eigenvalue weighted by Gasteiger charge is -2.12. The van der Waals surface area contributed by atoms with Crippen molar-refractivity contribution in [2.75, 3.05) is 19.0 Å². The van der Waals surface area contributed by atoms with E-state index in [2.05, 4.69) is 38.1 Å². The molecule has 0 amide bonds. The molecule has 3 aromatic rings. The molecular formula is C16H16N4. The second-order valence-corrected chi connectivity index (χ2v) is 4.83. The van der Waals surface area contributed by atoms with Crippen molar-refractivity contribution in [3.63, 3.8) is 0 Å². The lowest BCUT2D eigenvalue weighted by molar-refractivity contribution is 1.13. The summed E-state index contributed by atoms with van der Waals surface area (Å²) in [7, 11) is 4.06. The van der Waals surface area contributed by atoms with Gasteiger partial charge in [-0.25, -0.2) is 4.98 Å². The van der Waals surface area contributed by atoms with Crippen molar-refractivity contribution in [1.82, 2.24) is 15.0 Å². The predicted octanol–water partition coefficient (Wildman–Crippen LogP) is 3.20. The Morgan fingerprint density at radius 1 is 1.00 bits per heavy atom. The average molecular weight is 264 g/mol. The maximum Gasteiger partial charge on any atom is 0.137 e. The highest BCUT2D eigenvalue weighted by Crippen LogP contribution is 2.24. The van der Waals surface area contributed by atoms with Crippen LogP contribution in [0.1, 0.15) is 0 Å². The molecule has 100 valence electrons. The lowest BCUT2D eigenvalue weighted by Crippen LogP contribution is -2.08. The van der Waals surface area contributed by atoms with Crippen molar-refractivity contribution in [2.24, 2.45) is 0 Å². The zero-order chi connectivity index (χ0) is 13.9. The Hall–Kier alpha value is -2.62. The van der Waals surface area contributed by atoms with Crippen LogP contribution in [-0.4, -0.2) is 29.0 Å². The van der Waals surface area contributed by atoms with E-state index in [-0.39, 0.29) is 0 Å². The second kappa shape index (κ2) is 5.17. The van der Waals surface area contributed by atoms with E-state index < -0.39 is 0 Å². The van der Waals surface area contributed by atoms with Gasteiger partial charge in [-0.15, -0.1) is 0 Å². The third kappa shape index (κ3) is 2.40. The van der Waals surface area contributed by atoms with Gasteiger partial charge < -0.3 is 9.88 Å². The van der Waals surface area contributed by atoms with E-state index in [1.54, 1.807) is 6.20 Å². The van der Waals surface area contributed by atoms with E-state index in [0.29, 0.717) is 0 Å². The van der Waals surface area contributed by atoms with E-state index in [0.717, 1.165) is 28.3 Å². The van der Waals surface area contributed by atoms with Gasteiger partial charge in [0.05, 0.1) is 11.9 Å². The van der Waals surface area contributed by atoms with Gasteiger partial charge in [0.2, 0.25) is 0 Å². The summed E-state index contributed by atoms with van der Waals surface area (Å²) < 4.78 is 0. The van der Waals surface area contributed by atoms with Crippen LogP contribution in [0.2, 0.25) is 0 Å². The van der Waals surface area contributed by atoms with E-state index in [1.165, 1.54) is 0 Å². The molecule has 1 N–H and O–H groups in total. The molecule has 0 fully saturated rings. The van der Waals surface area contributed by atoms with Gasteiger partial charge in [-0.05, 0) is 24.3 Å². The normalized spacial score (nSPS) is 10.5. The van der Waals surface area contributed by atoms with Crippen LogP contribution in [0.4, 0.5) is 5.69 Å². The number of nitrogens with one attached hydrogen (secondary N) is 1. The summed E-state index contributed by atoms with van der Waals surface area (Å²) in [4.78, 5) is 14.0. The summed E-state index contributed by atoms with van der Waals surface area (Å²) in [6.07, 6.45) is 5.43. The molecular weight excluding hydrogens is 248 g/mol. The summed E-state index contributed by atoms with van der Waals surface area (Å²) in [6.45, 7) is 0. The van der Waals surface area contributed by atoms with Gasteiger partial charge >= 0.3 is 0 Å². The lowest BCUT2D eigenvalue weighted by atomic mass is 10.2. The molecule has 3 rings (SSSR count). The number of H-pyrrole nitrogens is 1. The number of aromatic nitrogens is 3. The quantitative estimate of drug-likeness (QED) is 0.790. The summed E-state index contributed by atoms with van der Waals surface area (Å²) in [6, 6.07) is 12.2. The first-order chi connectivity index (χ1) is 9.74. The molecule has 0 aliphatic heterocycles. The average Bonchev–Trinajstić information content (AvgIpc) is 2.98. The number of hydrogen-bond acceptors (Lipinski definition) is 3. The Bertz CT molecular complexity index is 701. The fourth-order valence-corrected chi connectivity index (χ4v) is 2.07. The van der Waals surface area contributed by atoms with Crippen LogP contribution < -0.4 is 4.90 Å². The Balaban J connectivity index is 1.96. The highest BCUT2D eigenvalue weighted by molar-refractivity contribution is 5.67. The zero-order valence-electron chi connectivity index (χ0n) is 11.5. The number of rotatable bonds is 3. The van der Waals surface area contributed by atoms with Crippen LogP contribution in [0.25, 0.3) is 22.6 Å². The van der Waals surface area contributed by atoms with Crippen molar-refractivity contribution in [3.05, 3.63) is 55.0 Å². The minimum Gasteiger partial charge on any atom is -0.378 e. The third-order valence-corrected chi connectivity index (χ3v) is 3.18. The number of aromatic amines is 1. The number of anilines is 1. The third-order valence-electron chi connectivity index (χ3n) is 3.18. The second-order valence-electron chi connectivity index (χ2n) is 4.83. The molecule has 0 unspecified atom stereocenters. The van der Waals surface area contributed by atoms with Gasteiger partial charge in [-0.3, -0.25) is 4.98 Å². The molecule has 0 aliphatic rings.